The molecule has 0 spiro atoms. The van der Waals surface area contributed by atoms with E-state index in [1.165, 1.54) is 11.8 Å². The average Bonchev–Trinajstić information content (AvgIpc) is 2.78. The summed E-state index contributed by atoms with van der Waals surface area (Å²) in [6.07, 6.45) is 1.78. The van der Waals surface area contributed by atoms with E-state index in [1.54, 1.807) is 6.08 Å². The molecule has 0 atom stereocenters. The van der Waals surface area contributed by atoms with Crippen LogP contribution >= 0.6 is 11.8 Å². The molecule has 0 aliphatic heterocycles. The number of anilines is 1. The van der Waals surface area contributed by atoms with Gasteiger partial charge in [0.05, 0.1) is 5.75 Å². The number of nitrogens with zero attached hydrogens (tertiary/aromatic N) is 3. The van der Waals surface area contributed by atoms with Gasteiger partial charge in [-0.3, -0.25) is 4.79 Å². The Labute approximate surface area is 128 Å². The van der Waals surface area contributed by atoms with Crippen LogP contribution in [0.5, 0.6) is 0 Å². The van der Waals surface area contributed by atoms with Crippen molar-refractivity contribution in [2.24, 2.45) is 0 Å². The first-order chi connectivity index (χ1) is 10.1. The van der Waals surface area contributed by atoms with Gasteiger partial charge in [0.25, 0.3) is 0 Å². The molecular formula is C15H18N4OS. The van der Waals surface area contributed by atoms with Crippen LogP contribution in [0.1, 0.15) is 11.4 Å². The number of aryl methyl sites for hydroxylation is 2. The van der Waals surface area contributed by atoms with Crippen molar-refractivity contribution in [3.05, 3.63) is 48.3 Å². The van der Waals surface area contributed by atoms with Gasteiger partial charge in [0.1, 0.15) is 5.82 Å². The maximum atomic E-state index is 12.0. The maximum Gasteiger partial charge on any atom is 0.234 e. The Kier molecular flexibility index (Phi) is 5.16. The second-order valence-electron chi connectivity index (χ2n) is 4.64. The Morgan fingerprint density at radius 3 is 2.95 bits per heavy atom. The first-order valence-electron chi connectivity index (χ1n) is 6.60. The third kappa shape index (κ3) is 4.19. The highest BCUT2D eigenvalue weighted by Gasteiger charge is 2.11. The fourth-order valence-corrected chi connectivity index (χ4v) is 2.65. The van der Waals surface area contributed by atoms with Gasteiger partial charge in [-0.05, 0) is 31.5 Å². The van der Waals surface area contributed by atoms with E-state index in [0.717, 1.165) is 22.2 Å². The monoisotopic (exact) mass is 302 g/mol. The molecule has 0 aliphatic rings. The lowest BCUT2D eigenvalue weighted by Crippen LogP contribution is -2.14. The number of benzene rings is 1. The van der Waals surface area contributed by atoms with E-state index in [9.17, 15) is 4.79 Å². The lowest BCUT2D eigenvalue weighted by atomic mass is 10.2. The predicted octanol–water partition coefficient (Wildman–Crippen LogP) is 2.81. The van der Waals surface area contributed by atoms with E-state index in [-0.39, 0.29) is 5.91 Å². The topological polar surface area (TPSA) is 59.8 Å². The Morgan fingerprint density at radius 2 is 2.24 bits per heavy atom. The van der Waals surface area contributed by atoms with Gasteiger partial charge in [0.2, 0.25) is 5.91 Å². The molecule has 110 valence electrons. The number of allylic oxidation sites excluding steroid dienone is 1. The van der Waals surface area contributed by atoms with Crippen molar-refractivity contribution < 1.29 is 4.79 Å². The van der Waals surface area contributed by atoms with Crippen LogP contribution in [0.15, 0.2) is 42.1 Å². The molecule has 0 aliphatic carbocycles. The lowest BCUT2D eigenvalue weighted by molar-refractivity contribution is -0.113. The van der Waals surface area contributed by atoms with Gasteiger partial charge in [-0.2, -0.15) is 0 Å². The molecule has 1 amide bonds. The second kappa shape index (κ2) is 7.08. The Morgan fingerprint density at radius 1 is 1.43 bits per heavy atom. The number of nitrogens with one attached hydrogen (secondary N) is 1. The summed E-state index contributed by atoms with van der Waals surface area (Å²) in [4.78, 5) is 12.0. The molecule has 0 saturated carbocycles. The molecule has 2 rings (SSSR count). The lowest BCUT2D eigenvalue weighted by Gasteiger charge is -2.07. The first-order valence-corrected chi connectivity index (χ1v) is 7.58. The largest absolute Gasteiger partial charge is 0.325 e. The summed E-state index contributed by atoms with van der Waals surface area (Å²) in [5, 5.41) is 11.7. The highest BCUT2D eigenvalue weighted by Crippen LogP contribution is 2.17. The molecule has 0 radical (unpaired) electrons. The minimum Gasteiger partial charge on any atom is -0.325 e. The van der Waals surface area contributed by atoms with Crippen LogP contribution < -0.4 is 5.32 Å². The van der Waals surface area contributed by atoms with Crippen LogP contribution in [0.4, 0.5) is 5.69 Å². The number of rotatable bonds is 6. The molecule has 1 aromatic carbocycles. The molecule has 0 unspecified atom stereocenters. The normalized spacial score (nSPS) is 10.4. The molecule has 6 heteroatoms. The Hall–Kier alpha value is -2.08. The van der Waals surface area contributed by atoms with Gasteiger partial charge in [-0.1, -0.05) is 30.0 Å². The van der Waals surface area contributed by atoms with Crippen molar-refractivity contribution in [3.63, 3.8) is 0 Å². The molecule has 2 aromatic rings. The molecule has 0 saturated heterocycles. The van der Waals surface area contributed by atoms with Crippen LogP contribution in [0, 0.1) is 13.8 Å². The number of hydrogen-bond acceptors (Lipinski definition) is 4. The molecule has 1 aromatic heterocycles. The van der Waals surface area contributed by atoms with E-state index in [0.29, 0.717) is 12.3 Å². The number of carbonyl (C=O) groups is 1. The van der Waals surface area contributed by atoms with E-state index in [2.05, 4.69) is 22.1 Å². The molecule has 1 N–H and O–H groups in total. The van der Waals surface area contributed by atoms with Crippen LogP contribution in [0.3, 0.4) is 0 Å². The summed E-state index contributed by atoms with van der Waals surface area (Å²) >= 11 is 1.37. The van der Waals surface area contributed by atoms with Gasteiger partial charge in [0, 0.05) is 12.2 Å². The maximum absolute atomic E-state index is 12.0. The summed E-state index contributed by atoms with van der Waals surface area (Å²) in [6.45, 7) is 8.23. The van der Waals surface area contributed by atoms with Crippen LogP contribution in [-0.2, 0) is 11.3 Å². The van der Waals surface area contributed by atoms with Crippen molar-refractivity contribution >= 4 is 23.4 Å². The SMILES string of the molecule is C=CCn1c(C)nnc1SCC(=O)Nc1cccc(C)c1. The van der Waals surface area contributed by atoms with E-state index >= 15 is 0 Å². The third-order valence-electron chi connectivity index (χ3n) is 2.85. The minimum atomic E-state index is -0.0589. The van der Waals surface area contributed by atoms with E-state index in [4.69, 9.17) is 0 Å². The summed E-state index contributed by atoms with van der Waals surface area (Å²) in [5.41, 5.74) is 1.92. The van der Waals surface area contributed by atoms with E-state index < -0.39 is 0 Å². The highest BCUT2D eigenvalue weighted by molar-refractivity contribution is 7.99. The van der Waals surface area contributed by atoms with E-state index in [1.807, 2.05) is 42.7 Å². The standard InChI is InChI=1S/C15H18N4OS/c1-4-8-19-12(3)17-18-15(19)21-10-14(20)16-13-7-5-6-11(2)9-13/h4-7,9H,1,8,10H2,2-3H3,(H,16,20). The zero-order chi connectivity index (χ0) is 15.2. The molecule has 0 bridgehead atoms. The zero-order valence-corrected chi connectivity index (χ0v) is 13.0. The Balaban J connectivity index is 1.94. The van der Waals surface area contributed by atoms with Crippen LogP contribution in [0.25, 0.3) is 0 Å². The quantitative estimate of drug-likeness (QED) is 0.658. The smallest absolute Gasteiger partial charge is 0.234 e. The number of aromatic nitrogens is 3. The predicted molar refractivity (Wildman–Crippen MR) is 85.5 cm³/mol. The summed E-state index contributed by atoms with van der Waals surface area (Å²) < 4.78 is 1.93. The van der Waals surface area contributed by atoms with Crippen molar-refractivity contribution in [2.75, 3.05) is 11.1 Å². The highest BCUT2D eigenvalue weighted by atomic mass is 32.2. The first kappa shape index (κ1) is 15.3. The van der Waals surface area contributed by atoms with Crippen molar-refractivity contribution in [1.29, 1.82) is 0 Å². The zero-order valence-electron chi connectivity index (χ0n) is 12.2. The number of hydrogen-bond donors (Lipinski definition) is 1. The minimum absolute atomic E-state index is 0.0589. The van der Waals surface area contributed by atoms with Crippen LogP contribution in [0.2, 0.25) is 0 Å². The average molecular weight is 302 g/mol. The molecule has 21 heavy (non-hydrogen) atoms. The summed E-state index contributed by atoms with van der Waals surface area (Å²) in [5.74, 6) is 1.05. The van der Waals surface area contributed by atoms with Crippen molar-refractivity contribution in [2.45, 2.75) is 25.5 Å². The Bertz CT molecular complexity index is 651. The van der Waals surface area contributed by atoms with Gasteiger partial charge in [0.15, 0.2) is 5.16 Å². The number of amides is 1. The van der Waals surface area contributed by atoms with Gasteiger partial charge in [-0.15, -0.1) is 16.8 Å². The molecular weight excluding hydrogens is 284 g/mol. The van der Waals surface area contributed by atoms with Gasteiger partial charge < -0.3 is 9.88 Å². The molecule has 0 fully saturated rings. The van der Waals surface area contributed by atoms with Crippen LogP contribution in [-0.4, -0.2) is 26.4 Å². The van der Waals surface area contributed by atoms with Crippen molar-refractivity contribution in [3.8, 4) is 0 Å². The summed E-state index contributed by atoms with van der Waals surface area (Å²) in [6, 6.07) is 7.72. The molecule has 5 nitrogen and oxygen atoms in total. The molecule has 1 heterocycles. The second-order valence-corrected chi connectivity index (χ2v) is 5.58. The fraction of sp³-hybridized carbons (Fsp3) is 0.267. The van der Waals surface area contributed by atoms with Crippen molar-refractivity contribution in [1.82, 2.24) is 14.8 Å². The fourth-order valence-electron chi connectivity index (χ4n) is 1.86. The third-order valence-corrected chi connectivity index (χ3v) is 3.81. The number of thioether (sulfide) groups is 1. The number of carbonyl (C=O) groups excluding carboxylic acids is 1. The van der Waals surface area contributed by atoms with Gasteiger partial charge in [-0.25, -0.2) is 0 Å². The van der Waals surface area contributed by atoms with Gasteiger partial charge >= 0.3 is 0 Å². The summed E-state index contributed by atoms with van der Waals surface area (Å²) in [7, 11) is 0.